The lowest BCUT2D eigenvalue weighted by molar-refractivity contribution is -0.142. The van der Waals surface area contributed by atoms with Crippen LogP contribution < -0.4 is 9.80 Å². The summed E-state index contributed by atoms with van der Waals surface area (Å²) in [6.45, 7) is 10.3. The molecule has 0 saturated carbocycles. The number of carboxylic acid groups (broad SMARTS) is 1. The highest BCUT2D eigenvalue weighted by molar-refractivity contribution is 5.72. The lowest BCUT2D eigenvalue weighted by Gasteiger charge is -2.28. The number of carboxylic acids is 1. The van der Waals surface area contributed by atoms with Crippen molar-refractivity contribution in [1.29, 1.82) is 0 Å². The molecule has 2 aliphatic heterocycles. The number of anilines is 2. The number of rotatable bonds is 4. The Morgan fingerprint density at radius 2 is 1.96 bits per heavy atom. The van der Waals surface area contributed by atoms with Crippen LogP contribution in [0.3, 0.4) is 0 Å². The van der Waals surface area contributed by atoms with Gasteiger partial charge in [-0.15, -0.1) is 0 Å². The minimum atomic E-state index is -0.713. The summed E-state index contributed by atoms with van der Waals surface area (Å²) < 4.78 is 5.39. The first-order valence-corrected chi connectivity index (χ1v) is 8.62. The molecule has 7 nitrogen and oxygen atoms in total. The van der Waals surface area contributed by atoms with Crippen LogP contribution in [0.5, 0.6) is 0 Å². The van der Waals surface area contributed by atoms with E-state index in [1.165, 1.54) is 0 Å². The van der Waals surface area contributed by atoms with E-state index >= 15 is 0 Å². The second-order valence-corrected chi connectivity index (χ2v) is 7.02. The van der Waals surface area contributed by atoms with Gasteiger partial charge in [0, 0.05) is 37.9 Å². The molecule has 2 aliphatic rings. The van der Waals surface area contributed by atoms with E-state index in [2.05, 4.69) is 28.6 Å². The highest BCUT2D eigenvalue weighted by Crippen LogP contribution is 2.33. The summed E-state index contributed by atoms with van der Waals surface area (Å²) in [5, 5.41) is 9.53. The summed E-state index contributed by atoms with van der Waals surface area (Å²) in [5.41, 5.74) is 0.904. The van der Waals surface area contributed by atoms with Crippen LogP contribution in [-0.2, 0) is 9.53 Å². The van der Waals surface area contributed by atoms with E-state index in [4.69, 9.17) is 9.72 Å². The van der Waals surface area contributed by atoms with Crippen molar-refractivity contribution in [2.45, 2.75) is 20.8 Å². The van der Waals surface area contributed by atoms with Crippen LogP contribution >= 0.6 is 0 Å². The Morgan fingerprint density at radius 3 is 2.54 bits per heavy atom. The SMILES string of the molecule is Cc1cc(N2C[C@@H](C(=O)O)[C@H](C(C)C)C2)nc(N2CCOCC2)n1. The van der Waals surface area contributed by atoms with Crippen LogP contribution in [0.2, 0.25) is 0 Å². The van der Waals surface area contributed by atoms with Gasteiger partial charge in [-0.2, -0.15) is 4.98 Å². The zero-order valence-electron chi connectivity index (χ0n) is 14.6. The molecule has 24 heavy (non-hydrogen) atoms. The minimum Gasteiger partial charge on any atom is -0.481 e. The maximum absolute atomic E-state index is 11.6. The molecule has 0 bridgehead atoms. The maximum atomic E-state index is 11.6. The molecule has 1 N–H and O–H groups in total. The summed E-state index contributed by atoms with van der Waals surface area (Å²) in [6.07, 6.45) is 0. The van der Waals surface area contributed by atoms with Crippen molar-refractivity contribution in [2.24, 2.45) is 17.8 Å². The highest BCUT2D eigenvalue weighted by Gasteiger charge is 2.39. The maximum Gasteiger partial charge on any atom is 0.308 e. The second kappa shape index (κ2) is 6.93. The van der Waals surface area contributed by atoms with Crippen LogP contribution in [0.25, 0.3) is 0 Å². The molecular weight excluding hydrogens is 308 g/mol. The normalized spacial score (nSPS) is 24.7. The third-order valence-corrected chi connectivity index (χ3v) is 4.99. The first-order chi connectivity index (χ1) is 11.5. The number of carbonyl (C=O) groups is 1. The fraction of sp³-hybridized carbons (Fsp3) is 0.706. The van der Waals surface area contributed by atoms with E-state index in [0.717, 1.165) is 31.1 Å². The Labute approximate surface area is 142 Å². The Balaban J connectivity index is 1.84. The Hall–Kier alpha value is -1.89. The molecule has 3 rings (SSSR count). The molecular formula is C17H26N4O3. The van der Waals surface area contributed by atoms with Gasteiger partial charge in [0.15, 0.2) is 0 Å². The highest BCUT2D eigenvalue weighted by atomic mass is 16.5. The van der Waals surface area contributed by atoms with Crippen molar-refractivity contribution >= 4 is 17.7 Å². The van der Waals surface area contributed by atoms with Gasteiger partial charge in [-0.05, 0) is 18.8 Å². The largest absolute Gasteiger partial charge is 0.481 e. The summed E-state index contributed by atoms with van der Waals surface area (Å²) in [7, 11) is 0. The molecule has 2 saturated heterocycles. The summed E-state index contributed by atoms with van der Waals surface area (Å²) in [6, 6.07) is 1.95. The number of ether oxygens (including phenoxy) is 1. The number of hydrogen-bond donors (Lipinski definition) is 1. The first kappa shape index (κ1) is 17.0. The lowest BCUT2D eigenvalue weighted by atomic mass is 9.86. The monoisotopic (exact) mass is 334 g/mol. The molecule has 2 atom stereocenters. The van der Waals surface area contributed by atoms with Gasteiger partial charge in [0.1, 0.15) is 5.82 Å². The summed E-state index contributed by atoms with van der Waals surface area (Å²) in [5.74, 6) is 0.969. The van der Waals surface area contributed by atoms with Gasteiger partial charge in [0.2, 0.25) is 5.95 Å². The van der Waals surface area contributed by atoms with E-state index in [0.29, 0.717) is 31.6 Å². The smallest absolute Gasteiger partial charge is 0.308 e. The average molecular weight is 334 g/mol. The van der Waals surface area contributed by atoms with Crippen LogP contribution in [0.1, 0.15) is 19.5 Å². The van der Waals surface area contributed by atoms with Crippen LogP contribution in [0.15, 0.2) is 6.07 Å². The van der Waals surface area contributed by atoms with Gasteiger partial charge in [-0.3, -0.25) is 4.79 Å². The fourth-order valence-electron chi connectivity index (χ4n) is 3.56. The van der Waals surface area contributed by atoms with Crippen molar-refractivity contribution in [3.63, 3.8) is 0 Å². The number of morpholine rings is 1. The van der Waals surface area contributed by atoms with Gasteiger partial charge in [0.05, 0.1) is 19.1 Å². The molecule has 2 fully saturated rings. The third kappa shape index (κ3) is 3.45. The predicted molar refractivity (Wildman–Crippen MR) is 91.5 cm³/mol. The zero-order valence-corrected chi connectivity index (χ0v) is 14.6. The molecule has 0 radical (unpaired) electrons. The lowest BCUT2D eigenvalue weighted by Crippen LogP contribution is -2.37. The van der Waals surface area contributed by atoms with Crippen LogP contribution in [0.4, 0.5) is 11.8 Å². The molecule has 1 aromatic heterocycles. The third-order valence-electron chi connectivity index (χ3n) is 4.99. The van der Waals surface area contributed by atoms with Gasteiger partial charge in [-0.1, -0.05) is 13.8 Å². The van der Waals surface area contributed by atoms with E-state index in [9.17, 15) is 9.90 Å². The van der Waals surface area contributed by atoms with Crippen molar-refractivity contribution in [2.75, 3.05) is 49.2 Å². The van der Waals surface area contributed by atoms with Crippen LogP contribution in [-0.4, -0.2) is 60.4 Å². The molecule has 7 heteroatoms. The quantitative estimate of drug-likeness (QED) is 0.892. The molecule has 1 aromatic rings. The minimum absolute atomic E-state index is 0.143. The second-order valence-electron chi connectivity index (χ2n) is 7.02. The van der Waals surface area contributed by atoms with E-state index in [-0.39, 0.29) is 11.8 Å². The van der Waals surface area contributed by atoms with Crippen molar-refractivity contribution in [1.82, 2.24) is 9.97 Å². The molecule has 0 spiro atoms. The molecule has 0 unspecified atom stereocenters. The molecule has 0 amide bonds. The van der Waals surface area contributed by atoms with Crippen molar-refractivity contribution in [3.8, 4) is 0 Å². The van der Waals surface area contributed by atoms with E-state index < -0.39 is 5.97 Å². The number of aromatic nitrogens is 2. The van der Waals surface area contributed by atoms with Gasteiger partial charge < -0.3 is 19.6 Å². The van der Waals surface area contributed by atoms with Gasteiger partial charge in [-0.25, -0.2) is 4.98 Å². The fourth-order valence-corrected chi connectivity index (χ4v) is 3.56. The standard InChI is InChI=1S/C17H26N4O3/c1-11(2)13-9-21(10-14(13)16(22)23)15-8-12(3)18-17(19-15)20-4-6-24-7-5-20/h8,11,13-14H,4-7,9-10H2,1-3H3,(H,22,23)/t13-,14+/m0/s1. The number of aliphatic carboxylic acids is 1. The van der Waals surface area contributed by atoms with E-state index in [1.807, 2.05) is 13.0 Å². The number of hydrogen-bond acceptors (Lipinski definition) is 6. The summed E-state index contributed by atoms with van der Waals surface area (Å²) >= 11 is 0. The van der Waals surface area contributed by atoms with E-state index in [1.54, 1.807) is 0 Å². The first-order valence-electron chi connectivity index (χ1n) is 8.62. The predicted octanol–water partition coefficient (Wildman–Crippen LogP) is 1.41. The van der Waals surface area contributed by atoms with Gasteiger partial charge in [0.25, 0.3) is 0 Å². The van der Waals surface area contributed by atoms with Crippen molar-refractivity contribution < 1.29 is 14.6 Å². The topological polar surface area (TPSA) is 78.8 Å². The Kier molecular flexibility index (Phi) is 4.89. The van der Waals surface area contributed by atoms with Crippen molar-refractivity contribution in [3.05, 3.63) is 11.8 Å². The molecule has 0 aliphatic carbocycles. The van der Waals surface area contributed by atoms with Gasteiger partial charge >= 0.3 is 5.97 Å². The molecule has 3 heterocycles. The molecule has 0 aromatic carbocycles. The summed E-state index contributed by atoms with van der Waals surface area (Å²) in [4.78, 5) is 25.1. The Morgan fingerprint density at radius 1 is 1.25 bits per heavy atom. The molecule has 132 valence electrons. The number of aryl methyl sites for hydroxylation is 1. The Bertz CT molecular complexity index is 601. The average Bonchev–Trinajstić information content (AvgIpc) is 3.01. The number of nitrogens with zero attached hydrogens (tertiary/aromatic N) is 4. The zero-order chi connectivity index (χ0) is 17.3. The van der Waals surface area contributed by atoms with Crippen LogP contribution in [0, 0.1) is 24.7 Å².